The second-order valence-electron chi connectivity index (χ2n) is 11.9. The average Bonchev–Trinajstić information content (AvgIpc) is 2.94. The summed E-state index contributed by atoms with van der Waals surface area (Å²) in [6.45, 7) is 5.13. The highest BCUT2D eigenvalue weighted by atomic mass is 16.5. The van der Waals surface area contributed by atoms with E-state index in [1.165, 1.54) is 173 Å². The number of hydrogen-bond acceptors (Lipinski definition) is 2. The molecule has 0 amide bonds. The lowest BCUT2D eigenvalue weighted by Crippen LogP contribution is -2.02. The van der Waals surface area contributed by atoms with Gasteiger partial charge in [0, 0.05) is 6.08 Å². The third-order valence-electron chi connectivity index (χ3n) is 7.95. The molecule has 0 N–H and O–H groups in total. The SMILES string of the molecule is CCCCCCCCCCCCCCCC=CC=CC(=O)OCCCCCCCCCCCCCCCCC. The van der Waals surface area contributed by atoms with E-state index in [2.05, 4.69) is 19.9 Å². The van der Waals surface area contributed by atoms with Crippen LogP contribution in [0.3, 0.4) is 0 Å². The maximum absolute atomic E-state index is 11.8. The molecular formula is C37H70O2. The Bertz CT molecular complexity index is 522. The van der Waals surface area contributed by atoms with E-state index in [1.54, 1.807) is 6.08 Å². The minimum atomic E-state index is -0.203. The zero-order valence-electron chi connectivity index (χ0n) is 26.8. The molecule has 2 heteroatoms. The van der Waals surface area contributed by atoms with Crippen LogP contribution in [0.2, 0.25) is 0 Å². The number of carbonyl (C=O) groups excluding carboxylic acids is 1. The summed E-state index contributed by atoms with van der Waals surface area (Å²) in [6, 6.07) is 0. The van der Waals surface area contributed by atoms with E-state index in [1.807, 2.05) is 12.2 Å². The van der Waals surface area contributed by atoms with E-state index in [-0.39, 0.29) is 5.97 Å². The van der Waals surface area contributed by atoms with Crippen LogP contribution < -0.4 is 0 Å². The summed E-state index contributed by atoms with van der Waals surface area (Å²) in [5, 5.41) is 0. The first-order chi connectivity index (χ1) is 19.3. The van der Waals surface area contributed by atoms with Gasteiger partial charge in [0.05, 0.1) is 6.61 Å². The number of rotatable bonds is 32. The first kappa shape index (κ1) is 38.0. The molecule has 0 aliphatic heterocycles. The predicted molar refractivity (Wildman–Crippen MR) is 174 cm³/mol. The van der Waals surface area contributed by atoms with Crippen LogP contribution in [0, 0.1) is 0 Å². The number of carbonyl (C=O) groups is 1. The molecule has 0 aromatic rings. The molecule has 0 radical (unpaired) electrons. The number of allylic oxidation sites excluding steroid dienone is 3. The Morgan fingerprint density at radius 2 is 0.769 bits per heavy atom. The highest BCUT2D eigenvalue weighted by molar-refractivity contribution is 5.82. The van der Waals surface area contributed by atoms with Crippen LogP contribution in [0.5, 0.6) is 0 Å². The molecule has 2 nitrogen and oxygen atoms in total. The maximum atomic E-state index is 11.8. The van der Waals surface area contributed by atoms with Crippen LogP contribution in [0.1, 0.15) is 200 Å². The highest BCUT2D eigenvalue weighted by Gasteiger charge is 1.98. The van der Waals surface area contributed by atoms with Gasteiger partial charge >= 0.3 is 5.97 Å². The Kier molecular flexibility index (Phi) is 34.0. The molecule has 0 aromatic carbocycles. The van der Waals surface area contributed by atoms with Crippen LogP contribution in [0.15, 0.2) is 24.3 Å². The number of unbranched alkanes of at least 4 members (excludes halogenated alkanes) is 27. The van der Waals surface area contributed by atoms with Crippen molar-refractivity contribution in [2.24, 2.45) is 0 Å². The lowest BCUT2D eigenvalue weighted by molar-refractivity contribution is -0.137. The Hall–Kier alpha value is -1.05. The summed E-state index contributed by atoms with van der Waals surface area (Å²) in [7, 11) is 0. The molecule has 0 bridgehead atoms. The first-order valence-corrected chi connectivity index (χ1v) is 17.8. The fraction of sp³-hybridized carbons (Fsp3) is 0.865. The summed E-state index contributed by atoms with van der Waals surface area (Å²) >= 11 is 0. The Morgan fingerprint density at radius 3 is 1.15 bits per heavy atom. The quantitative estimate of drug-likeness (QED) is 0.0363. The fourth-order valence-corrected chi connectivity index (χ4v) is 5.28. The van der Waals surface area contributed by atoms with Gasteiger partial charge in [-0.1, -0.05) is 199 Å². The number of esters is 1. The van der Waals surface area contributed by atoms with E-state index in [0.717, 1.165) is 12.8 Å². The summed E-state index contributed by atoms with van der Waals surface area (Å²) in [5.74, 6) is -0.203. The minimum Gasteiger partial charge on any atom is -0.463 e. The summed E-state index contributed by atoms with van der Waals surface area (Å²) in [6.07, 6.45) is 47.1. The molecule has 0 saturated carbocycles. The van der Waals surface area contributed by atoms with Gasteiger partial charge in [0.25, 0.3) is 0 Å². The Labute approximate surface area is 246 Å². The third kappa shape index (κ3) is 34.9. The zero-order chi connectivity index (χ0) is 28.3. The predicted octanol–water partition coefficient (Wildman–Crippen LogP) is 13.0. The van der Waals surface area contributed by atoms with Gasteiger partial charge in [-0.15, -0.1) is 0 Å². The second-order valence-corrected chi connectivity index (χ2v) is 11.9. The molecule has 0 heterocycles. The average molecular weight is 547 g/mol. The van der Waals surface area contributed by atoms with Gasteiger partial charge in [-0.05, 0) is 19.3 Å². The van der Waals surface area contributed by atoms with Gasteiger partial charge in [0.15, 0.2) is 0 Å². The van der Waals surface area contributed by atoms with Crippen molar-refractivity contribution in [3.63, 3.8) is 0 Å². The summed E-state index contributed by atoms with van der Waals surface area (Å²) < 4.78 is 5.32. The molecule has 0 saturated heterocycles. The second kappa shape index (κ2) is 35.0. The molecule has 0 aliphatic carbocycles. The lowest BCUT2D eigenvalue weighted by Gasteiger charge is -2.04. The van der Waals surface area contributed by atoms with Crippen LogP contribution in [0.25, 0.3) is 0 Å². The maximum Gasteiger partial charge on any atom is 0.330 e. The van der Waals surface area contributed by atoms with Crippen molar-refractivity contribution in [1.82, 2.24) is 0 Å². The largest absolute Gasteiger partial charge is 0.463 e. The zero-order valence-corrected chi connectivity index (χ0v) is 26.8. The van der Waals surface area contributed by atoms with Gasteiger partial charge in [-0.25, -0.2) is 4.79 Å². The number of ether oxygens (including phenoxy) is 1. The van der Waals surface area contributed by atoms with Crippen molar-refractivity contribution < 1.29 is 9.53 Å². The van der Waals surface area contributed by atoms with Crippen LogP contribution >= 0.6 is 0 Å². The van der Waals surface area contributed by atoms with Gasteiger partial charge in [-0.3, -0.25) is 0 Å². The first-order valence-electron chi connectivity index (χ1n) is 17.8. The Morgan fingerprint density at radius 1 is 0.436 bits per heavy atom. The minimum absolute atomic E-state index is 0.203. The van der Waals surface area contributed by atoms with Gasteiger partial charge in [0.2, 0.25) is 0 Å². The van der Waals surface area contributed by atoms with Crippen molar-refractivity contribution >= 4 is 5.97 Å². The molecule has 0 rings (SSSR count). The smallest absolute Gasteiger partial charge is 0.330 e. The summed E-state index contributed by atoms with van der Waals surface area (Å²) in [4.78, 5) is 11.8. The molecule has 0 spiro atoms. The van der Waals surface area contributed by atoms with E-state index < -0.39 is 0 Å². The van der Waals surface area contributed by atoms with E-state index in [4.69, 9.17) is 4.74 Å². The third-order valence-corrected chi connectivity index (χ3v) is 7.95. The topological polar surface area (TPSA) is 26.3 Å². The van der Waals surface area contributed by atoms with Crippen molar-refractivity contribution in [2.75, 3.05) is 6.61 Å². The van der Waals surface area contributed by atoms with Gasteiger partial charge in [-0.2, -0.15) is 0 Å². The molecule has 230 valence electrons. The molecule has 0 aromatic heterocycles. The van der Waals surface area contributed by atoms with E-state index in [9.17, 15) is 4.79 Å². The van der Waals surface area contributed by atoms with Crippen molar-refractivity contribution in [1.29, 1.82) is 0 Å². The Balaban J connectivity index is 3.28. The van der Waals surface area contributed by atoms with E-state index >= 15 is 0 Å². The van der Waals surface area contributed by atoms with Crippen LogP contribution in [-0.4, -0.2) is 12.6 Å². The van der Waals surface area contributed by atoms with Crippen molar-refractivity contribution in [3.05, 3.63) is 24.3 Å². The van der Waals surface area contributed by atoms with Gasteiger partial charge in [0.1, 0.15) is 0 Å². The highest BCUT2D eigenvalue weighted by Crippen LogP contribution is 2.14. The molecule has 0 fully saturated rings. The normalized spacial score (nSPS) is 11.7. The number of hydrogen-bond donors (Lipinski definition) is 0. The summed E-state index contributed by atoms with van der Waals surface area (Å²) in [5.41, 5.74) is 0. The van der Waals surface area contributed by atoms with Crippen LogP contribution in [0.4, 0.5) is 0 Å². The standard InChI is InChI=1S/C37H70O2/c1-3-5-7-9-11-13-15-17-19-20-21-23-25-27-29-31-33-35-37(38)39-36-34-32-30-28-26-24-22-18-16-14-12-10-8-6-4-2/h29,31,33,35H,3-28,30,32,34,36H2,1-2H3. The van der Waals surface area contributed by atoms with Gasteiger partial charge < -0.3 is 4.74 Å². The fourth-order valence-electron chi connectivity index (χ4n) is 5.28. The molecule has 0 unspecified atom stereocenters. The van der Waals surface area contributed by atoms with E-state index in [0.29, 0.717) is 6.61 Å². The van der Waals surface area contributed by atoms with Crippen LogP contribution in [-0.2, 0) is 9.53 Å². The van der Waals surface area contributed by atoms with Crippen molar-refractivity contribution in [2.45, 2.75) is 200 Å². The monoisotopic (exact) mass is 547 g/mol. The van der Waals surface area contributed by atoms with Crippen molar-refractivity contribution in [3.8, 4) is 0 Å². The molecular weight excluding hydrogens is 476 g/mol. The lowest BCUT2D eigenvalue weighted by atomic mass is 10.0. The molecule has 39 heavy (non-hydrogen) atoms. The molecule has 0 atom stereocenters. The molecule has 0 aliphatic rings.